The molecular weight excluding hydrogens is 280 g/mol. The molecule has 0 saturated heterocycles. The van der Waals surface area contributed by atoms with Crippen LogP contribution in [-0.2, 0) is 9.59 Å². The Labute approximate surface area is 129 Å². The number of rotatable bonds is 4. The van der Waals surface area contributed by atoms with Gasteiger partial charge in [0.2, 0.25) is 0 Å². The van der Waals surface area contributed by atoms with Gasteiger partial charge < -0.3 is 15.7 Å². The van der Waals surface area contributed by atoms with Gasteiger partial charge >= 0.3 is 11.8 Å². The Morgan fingerprint density at radius 1 is 1.00 bits per heavy atom. The van der Waals surface area contributed by atoms with Crippen molar-refractivity contribution in [3.8, 4) is 0 Å². The molecule has 5 heteroatoms. The van der Waals surface area contributed by atoms with Gasteiger partial charge in [0.1, 0.15) is 0 Å². The van der Waals surface area contributed by atoms with Crippen molar-refractivity contribution >= 4 is 17.5 Å². The second-order valence-electron chi connectivity index (χ2n) is 4.90. The van der Waals surface area contributed by atoms with Gasteiger partial charge in [-0.3, -0.25) is 9.59 Å². The average Bonchev–Trinajstić information content (AvgIpc) is 2.53. The lowest BCUT2D eigenvalue weighted by atomic mass is 10.0. The van der Waals surface area contributed by atoms with Crippen LogP contribution < -0.4 is 10.6 Å². The summed E-state index contributed by atoms with van der Waals surface area (Å²) in [6.45, 7) is 1.86. The molecule has 0 aliphatic carbocycles. The molecule has 2 amide bonds. The molecule has 0 saturated carbocycles. The Balaban J connectivity index is 1.87. The van der Waals surface area contributed by atoms with Crippen molar-refractivity contribution in [1.82, 2.24) is 5.32 Å². The molecule has 0 heterocycles. The Bertz CT molecular complexity index is 656. The normalized spacial score (nSPS) is 11.5. The third kappa shape index (κ3) is 4.17. The lowest BCUT2D eigenvalue weighted by Gasteiger charge is -2.14. The highest BCUT2D eigenvalue weighted by molar-refractivity contribution is 6.39. The van der Waals surface area contributed by atoms with Crippen molar-refractivity contribution in [2.24, 2.45) is 0 Å². The number of aliphatic hydroxyl groups excluding tert-OH is 1. The zero-order chi connectivity index (χ0) is 15.9. The van der Waals surface area contributed by atoms with Crippen molar-refractivity contribution in [2.75, 3.05) is 11.9 Å². The molecule has 0 fully saturated rings. The maximum absolute atomic E-state index is 11.7. The van der Waals surface area contributed by atoms with E-state index in [-0.39, 0.29) is 6.54 Å². The first kappa shape index (κ1) is 15.7. The third-order valence-corrected chi connectivity index (χ3v) is 3.24. The summed E-state index contributed by atoms with van der Waals surface area (Å²) in [6.07, 6.45) is -0.852. The summed E-state index contributed by atoms with van der Waals surface area (Å²) in [7, 11) is 0. The molecule has 114 valence electrons. The molecule has 2 aromatic rings. The van der Waals surface area contributed by atoms with Crippen LogP contribution >= 0.6 is 0 Å². The first-order valence-electron chi connectivity index (χ1n) is 6.95. The highest BCUT2D eigenvalue weighted by Crippen LogP contribution is 2.16. The molecule has 1 unspecified atom stereocenters. The zero-order valence-electron chi connectivity index (χ0n) is 12.2. The van der Waals surface area contributed by atoms with Crippen LogP contribution in [0, 0.1) is 6.92 Å². The Kier molecular flexibility index (Phi) is 5.27. The fraction of sp³-hybridized carbons (Fsp3) is 0.176. The van der Waals surface area contributed by atoms with Gasteiger partial charge in [-0.2, -0.15) is 0 Å². The number of para-hydroxylation sites is 1. The van der Waals surface area contributed by atoms with E-state index in [0.29, 0.717) is 5.69 Å². The van der Waals surface area contributed by atoms with E-state index in [9.17, 15) is 14.7 Å². The Morgan fingerprint density at radius 2 is 1.64 bits per heavy atom. The predicted molar refractivity (Wildman–Crippen MR) is 84.2 cm³/mol. The minimum atomic E-state index is -0.852. The Morgan fingerprint density at radius 3 is 2.32 bits per heavy atom. The van der Waals surface area contributed by atoms with Gasteiger partial charge in [0.05, 0.1) is 6.10 Å². The van der Waals surface area contributed by atoms with Crippen LogP contribution in [0.3, 0.4) is 0 Å². The monoisotopic (exact) mass is 298 g/mol. The van der Waals surface area contributed by atoms with Crippen molar-refractivity contribution in [2.45, 2.75) is 13.0 Å². The number of carbonyl (C=O) groups is 2. The van der Waals surface area contributed by atoms with E-state index in [1.165, 1.54) is 0 Å². The van der Waals surface area contributed by atoms with E-state index in [1.54, 1.807) is 30.3 Å². The fourth-order valence-corrected chi connectivity index (χ4v) is 2.05. The number of benzene rings is 2. The van der Waals surface area contributed by atoms with Crippen molar-refractivity contribution in [1.29, 1.82) is 0 Å². The van der Waals surface area contributed by atoms with Crippen LogP contribution in [0.15, 0.2) is 54.6 Å². The van der Waals surface area contributed by atoms with E-state index < -0.39 is 17.9 Å². The number of anilines is 1. The second kappa shape index (κ2) is 7.38. The largest absolute Gasteiger partial charge is 0.387 e. The second-order valence-corrected chi connectivity index (χ2v) is 4.90. The predicted octanol–water partition coefficient (Wildman–Crippen LogP) is 1.78. The topological polar surface area (TPSA) is 78.4 Å². The van der Waals surface area contributed by atoms with Crippen LogP contribution in [0.4, 0.5) is 5.69 Å². The molecule has 0 spiro atoms. The molecule has 2 aromatic carbocycles. The van der Waals surface area contributed by atoms with Gasteiger partial charge in [-0.25, -0.2) is 0 Å². The standard InChI is InChI=1S/C17H18N2O3/c1-12-7-5-6-10-14(12)15(20)11-18-16(21)17(22)19-13-8-3-2-4-9-13/h2-10,15,20H,11H2,1H3,(H,18,21)(H,19,22). The van der Waals surface area contributed by atoms with Gasteiger partial charge in [-0.15, -0.1) is 0 Å². The first-order valence-corrected chi connectivity index (χ1v) is 6.95. The third-order valence-electron chi connectivity index (χ3n) is 3.24. The zero-order valence-corrected chi connectivity index (χ0v) is 12.2. The van der Waals surface area contributed by atoms with Crippen LogP contribution in [0.2, 0.25) is 0 Å². The highest BCUT2D eigenvalue weighted by Gasteiger charge is 2.16. The fourth-order valence-electron chi connectivity index (χ4n) is 2.05. The smallest absolute Gasteiger partial charge is 0.313 e. The molecular formula is C17H18N2O3. The molecule has 22 heavy (non-hydrogen) atoms. The summed E-state index contributed by atoms with van der Waals surface area (Å²) >= 11 is 0. The number of aryl methyl sites for hydroxylation is 1. The maximum atomic E-state index is 11.7. The summed E-state index contributed by atoms with van der Waals surface area (Å²) in [5, 5.41) is 15.0. The molecule has 3 N–H and O–H groups in total. The lowest BCUT2D eigenvalue weighted by molar-refractivity contribution is -0.136. The maximum Gasteiger partial charge on any atom is 0.313 e. The number of hydrogen-bond donors (Lipinski definition) is 3. The van der Waals surface area contributed by atoms with Crippen LogP contribution in [0.5, 0.6) is 0 Å². The van der Waals surface area contributed by atoms with Crippen molar-refractivity contribution < 1.29 is 14.7 Å². The van der Waals surface area contributed by atoms with Crippen molar-refractivity contribution in [3.05, 3.63) is 65.7 Å². The minimum Gasteiger partial charge on any atom is -0.387 e. The van der Waals surface area contributed by atoms with E-state index >= 15 is 0 Å². The number of aliphatic hydroxyl groups is 1. The van der Waals surface area contributed by atoms with Gasteiger partial charge in [0, 0.05) is 12.2 Å². The van der Waals surface area contributed by atoms with Crippen LogP contribution in [-0.4, -0.2) is 23.5 Å². The van der Waals surface area contributed by atoms with Gasteiger partial charge in [-0.1, -0.05) is 42.5 Å². The minimum absolute atomic E-state index is 0.0219. The summed E-state index contributed by atoms with van der Waals surface area (Å²) in [4.78, 5) is 23.5. The quantitative estimate of drug-likeness (QED) is 0.753. The molecule has 0 aromatic heterocycles. The molecule has 1 atom stereocenters. The number of amides is 2. The SMILES string of the molecule is Cc1ccccc1C(O)CNC(=O)C(=O)Nc1ccccc1. The number of carbonyl (C=O) groups excluding carboxylic acids is 2. The summed E-state index contributed by atoms with van der Waals surface area (Å²) < 4.78 is 0. The molecule has 5 nitrogen and oxygen atoms in total. The number of hydrogen-bond acceptors (Lipinski definition) is 3. The van der Waals surface area contributed by atoms with E-state index in [1.807, 2.05) is 31.2 Å². The van der Waals surface area contributed by atoms with E-state index in [0.717, 1.165) is 11.1 Å². The van der Waals surface area contributed by atoms with Gasteiger partial charge in [0.25, 0.3) is 0 Å². The summed E-state index contributed by atoms with van der Waals surface area (Å²) in [5.74, 6) is -1.54. The molecule has 0 radical (unpaired) electrons. The van der Waals surface area contributed by atoms with Crippen LogP contribution in [0.25, 0.3) is 0 Å². The molecule has 2 rings (SSSR count). The van der Waals surface area contributed by atoms with E-state index in [4.69, 9.17) is 0 Å². The molecule has 0 aliphatic heterocycles. The van der Waals surface area contributed by atoms with Gasteiger partial charge in [-0.05, 0) is 30.2 Å². The van der Waals surface area contributed by atoms with E-state index in [2.05, 4.69) is 10.6 Å². The Hall–Kier alpha value is -2.66. The van der Waals surface area contributed by atoms with Gasteiger partial charge in [0.15, 0.2) is 0 Å². The first-order chi connectivity index (χ1) is 10.6. The summed E-state index contributed by atoms with van der Waals surface area (Å²) in [6, 6.07) is 16.1. The number of nitrogens with one attached hydrogen (secondary N) is 2. The highest BCUT2D eigenvalue weighted by atomic mass is 16.3. The lowest BCUT2D eigenvalue weighted by Crippen LogP contribution is -2.37. The van der Waals surface area contributed by atoms with Crippen LogP contribution in [0.1, 0.15) is 17.2 Å². The molecule has 0 bridgehead atoms. The summed E-state index contributed by atoms with van der Waals surface area (Å²) in [5.41, 5.74) is 2.20. The van der Waals surface area contributed by atoms with Crippen molar-refractivity contribution in [3.63, 3.8) is 0 Å². The average molecular weight is 298 g/mol. The molecule has 0 aliphatic rings.